The fourth-order valence-corrected chi connectivity index (χ4v) is 2.44. The Kier molecular flexibility index (Phi) is 5.35. The molecule has 0 aliphatic heterocycles. The van der Waals surface area contributed by atoms with Crippen molar-refractivity contribution in [3.8, 4) is 0 Å². The van der Waals surface area contributed by atoms with Gasteiger partial charge < -0.3 is 10.5 Å². The zero-order valence-electron chi connectivity index (χ0n) is 9.75. The van der Waals surface area contributed by atoms with E-state index in [0.29, 0.717) is 0 Å². The Labute approximate surface area is 101 Å². The molecule has 0 saturated heterocycles. The number of hydrogen-bond acceptors (Lipinski definition) is 3. The number of nitrogen functional groups attached to an aromatic ring is 1. The Morgan fingerprint density at radius 3 is 2.88 bits per heavy atom. The van der Waals surface area contributed by atoms with Gasteiger partial charge in [0.05, 0.1) is 0 Å². The minimum absolute atomic E-state index is 0.134. The van der Waals surface area contributed by atoms with Gasteiger partial charge in [0, 0.05) is 29.9 Å². The Morgan fingerprint density at radius 2 is 2.25 bits per heavy atom. The van der Waals surface area contributed by atoms with Gasteiger partial charge in [0.25, 0.3) is 0 Å². The van der Waals surface area contributed by atoms with Crippen LogP contribution in [0.3, 0.4) is 0 Å². The Morgan fingerprint density at radius 1 is 1.50 bits per heavy atom. The summed E-state index contributed by atoms with van der Waals surface area (Å²) in [4.78, 5) is 1.09. The van der Waals surface area contributed by atoms with E-state index in [9.17, 15) is 0 Å². The van der Waals surface area contributed by atoms with Crippen LogP contribution >= 0.6 is 11.8 Å². The quantitative estimate of drug-likeness (QED) is 0.346. The van der Waals surface area contributed by atoms with Gasteiger partial charge in [0.15, 0.2) is 0 Å². The highest BCUT2D eigenvalue weighted by atomic mass is 32.2. The van der Waals surface area contributed by atoms with Crippen LogP contribution < -0.4 is 5.73 Å². The predicted octanol–water partition coefficient (Wildman–Crippen LogP) is 2.41. The monoisotopic (exact) mass is 238 g/mol. The first-order valence-electron chi connectivity index (χ1n) is 5.22. The highest BCUT2D eigenvalue weighted by Crippen LogP contribution is 2.24. The molecule has 0 aromatic heterocycles. The van der Waals surface area contributed by atoms with E-state index in [1.54, 1.807) is 18.9 Å². The van der Waals surface area contributed by atoms with Crippen molar-refractivity contribution in [2.45, 2.75) is 18.2 Å². The number of aryl methyl sites for hydroxylation is 1. The van der Waals surface area contributed by atoms with E-state index < -0.39 is 0 Å². The summed E-state index contributed by atoms with van der Waals surface area (Å²) < 4.78 is 5.00. The summed E-state index contributed by atoms with van der Waals surface area (Å²) in [5.74, 6) is 1.12. The van der Waals surface area contributed by atoms with Crippen LogP contribution in [0, 0.1) is 12.3 Å². The van der Waals surface area contributed by atoms with Crippen LogP contribution in [0.15, 0.2) is 23.1 Å². The molecule has 0 aliphatic rings. The molecule has 3 N–H and O–H groups in total. The van der Waals surface area contributed by atoms with Crippen molar-refractivity contribution in [3.05, 3.63) is 29.3 Å². The predicted molar refractivity (Wildman–Crippen MR) is 69.4 cm³/mol. The minimum Gasteiger partial charge on any atom is -0.385 e. The van der Waals surface area contributed by atoms with Crippen LogP contribution in [0.5, 0.6) is 0 Å². The van der Waals surface area contributed by atoms with E-state index in [2.05, 4.69) is 6.07 Å². The molecule has 0 amide bonds. The Hall–Kier alpha value is -1.00. The minimum atomic E-state index is 0.134. The summed E-state index contributed by atoms with van der Waals surface area (Å²) in [5.41, 5.74) is 7.56. The summed E-state index contributed by atoms with van der Waals surface area (Å²) in [6, 6.07) is 5.97. The molecule has 0 heterocycles. The molecule has 0 aliphatic carbocycles. The number of nitrogens with one attached hydrogen (secondary N) is 1. The first-order valence-corrected chi connectivity index (χ1v) is 6.20. The molecule has 0 radical (unpaired) electrons. The summed E-state index contributed by atoms with van der Waals surface area (Å²) in [6.45, 7) is 2.82. The number of ether oxygens (including phenoxy) is 1. The van der Waals surface area contributed by atoms with Crippen LogP contribution in [0.25, 0.3) is 0 Å². The highest BCUT2D eigenvalue weighted by molar-refractivity contribution is 7.99. The average molecular weight is 238 g/mol. The van der Waals surface area contributed by atoms with Crippen molar-refractivity contribution in [2.75, 3.05) is 19.5 Å². The number of methoxy groups -OCH3 is 1. The zero-order chi connectivity index (χ0) is 12.0. The van der Waals surface area contributed by atoms with E-state index in [1.807, 2.05) is 19.1 Å². The number of rotatable bonds is 6. The molecule has 1 rings (SSSR count). The first kappa shape index (κ1) is 13.1. The van der Waals surface area contributed by atoms with Gasteiger partial charge in [-0.3, -0.25) is 5.41 Å². The number of hydrogen-bond donors (Lipinski definition) is 2. The molecule has 0 saturated carbocycles. The molecule has 0 bridgehead atoms. The largest absolute Gasteiger partial charge is 0.385 e. The van der Waals surface area contributed by atoms with Gasteiger partial charge in [-0.25, -0.2) is 0 Å². The van der Waals surface area contributed by atoms with Gasteiger partial charge in [0.1, 0.15) is 5.84 Å². The molecule has 1 aromatic carbocycles. The molecule has 0 unspecified atom stereocenters. The summed E-state index contributed by atoms with van der Waals surface area (Å²) in [6.07, 6.45) is 1.01. The second-order valence-electron chi connectivity index (χ2n) is 3.61. The van der Waals surface area contributed by atoms with Gasteiger partial charge in [0.2, 0.25) is 0 Å². The molecular formula is C12H18N2OS. The lowest BCUT2D eigenvalue weighted by Crippen LogP contribution is -2.12. The number of thioether (sulfide) groups is 1. The van der Waals surface area contributed by atoms with E-state index in [0.717, 1.165) is 29.2 Å². The first-order chi connectivity index (χ1) is 7.65. The van der Waals surface area contributed by atoms with Crippen molar-refractivity contribution in [3.63, 3.8) is 0 Å². The molecule has 88 valence electrons. The van der Waals surface area contributed by atoms with E-state index in [4.69, 9.17) is 15.9 Å². The van der Waals surface area contributed by atoms with Crippen LogP contribution in [-0.2, 0) is 4.74 Å². The third-order valence-corrected chi connectivity index (χ3v) is 3.32. The summed E-state index contributed by atoms with van der Waals surface area (Å²) in [5, 5.41) is 7.50. The number of nitrogens with two attached hydrogens (primary N) is 1. The molecule has 3 nitrogen and oxygen atoms in total. The number of benzene rings is 1. The van der Waals surface area contributed by atoms with Gasteiger partial charge in [-0.05, 0) is 31.0 Å². The van der Waals surface area contributed by atoms with Crippen LogP contribution in [0.1, 0.15) is 17.5 Å². The van der Waals surface area contributed by atoms with Crippen LogP contribution in [0.2, 0.25) is 0 Å². The molecule has 1 aromatic rings. The van der Waals surface area contributed by atoms with Crippen molar-refractivity contribution >= 4 is 17.6 Å². The maximum absolute atomic E-state index is 7.50. The highest BCUT2D eigenvalue weighted by Gasteiger charge is 2.05. The lowest BCUT2D eigenvalue weighted by Gasteiger charge is -2.08. The van der Waals surface area contributed by atoms with Gasteiger partial charge in [-0.2, -0.15) is 0 Å². The van der Waals surface area contributed by atoms with Crippen LogP contribution in [-0.4, -0.2) is 25.3 Å². The molecular weight excluding hydrogens is 220 g/mol. The second-order valence-corrected chi connectivity index (χ2v) is 4.74. The Bertz CT molecular complexity index is 366. The third-order valence-electron chi connectivity index (χ3n) is 2.18. The maximum Gasteiger partial charge on any atom is 0.123 e. The Balaban J connectivity index is 2.68. The topological polar surface area (TPSA) is 59.1 Å². The fraction of sp³-hybridized carbons (Fsp3) is 0.417. The van der Waals surface area contributed by atoms with Gasteiger partial charge in [-0.15, -0.1) is 11.8 Å². The van der Waals surface area contributed by atoms with Gasteiger partial charge >= 0.3 is 0 Å². The summed E-state index contributed by atoms with van der Waals surface area (Å²) in [7, 11) is 1.71. The summed E-state index contributed by atoms with van der Waals surface area (Å²) >= 11 is 1.73. The normalized spacial score (nSPS) is 10.4. The number of amidine groups is 1. The van der Waals surface area contributed by atoms with Gasteiger partial charge in [-0.1, -0.05) is 6.07 Å². The van der Waals surface area contributed by atoms with Crippen molar-refractivity contribution in [2.24, 2.45) is 5.73 Å². The lowest BCUT2D eigenvalue weighted by molar-refractivity contribution is 0.200. The average Bonchev–Trinajstić information content (AvgIpc) is 2.24. The smallest absolute Gasteiger partial charge is 0.123 e. The van der Waals surface area contributed by atoms with Crippen molar-refractivity contribution in [1.29, 1.82) is 5.41 Å². The van der Waals surface area contributed by atoms with Crippen molar-refractivity contribution < 1.29 is 4.74 Å². The zero-order valence-corrected chi connectivity index (χ0v) is 10.6. The van der Waals surface area contributed by atoms with E-state index in [-0.39, 0.29) is 5.84 Å². The maximum atomic E-state index is 7.50. The SMILES string of the molecule is COCCCSc1cc(C)ccc1C(=N)N. The standard InChI is InChI=1S/C12H18N2OS/c1-9-4-5-10(12(13)14)11(8-9)16-7-3-6-15-2/h4-5,8H,3,6-7H2,1-2H3,(H3,13,14). The molecule has 16 heavy (non-hydrogen) atoms. The molecule has 0 spiro atoms. The van der Waals surface area contributed by atoms with E-state index in [1.165, 1.54) is 5.56 Å². The lowest BCUT2D eigenvalue weighted by atomic mass is 10.1. The molecule has 0 fully saturated rings. The van der Waals surface area contributed by atoms with E-state index >= 15 is 0 Å². The molecule has 4 heteroatoms. The third kappa shape index (κ3) is 3.87. The van der Waals surface area contributed by atoms with Crippen molar-refractivity contribution in [1.82, 2.24) is 0 Å². The van der Waals surface area contributed by atoms with Crippen LogP contribution in [0.4, 0.5) is 0 Å². The fourth-order valence-electron chi connectivity index (χ4n) is 1.36. The molecule has 0 atom stereocenters. The second kappa shape index (κ2) is 6.55.